The summed E-state index contributed by atoms with van der Waals surface area (Å²) in [5, 5.41) is 7.12. The molecule has 116 valence electrons. The third-order valence-corrected chi connectivity index (χ3v) is 3.91. The molecule has 0 spiro atoms. The number of methoxy groups -OCH3 is 2. The van der Waals surface area contributed by atoms with Crippen molar-refractivity contribution in [2.45, 2.75) is 37.8 Å². The maximum atomic E-state index is 5.99. The van der Waals surface area contributed by atoms with Gasteiger partial charge in [0, 0.05) is 23.8 Å². The van der Waals surface area contributed by atoms with Crippen molar-refractivity contribution in [1.82, 2.24) is 5.32 Å². The molecule has 6 heteroatoms. The van der Waals surface area contributed by atoms with Crippen LogP contribution in [0.1, 0.15) is 25.7 Å². The molecule has 4 N–H and O–H groups in total. The molecule has 0 aromatic heterocycles. The first-order valence-corrected chi connectivity index (χ1v) is 7.58. The number of benzene rings is 1. The lowest BCUT2D eigenvalue weighted by Crippen LogP contribution is -2.43. The third kappa shape index (κ3) is 4.47. The highest BCUT2D eigenvalue weighted by atomic mass is 32.1. The molecule has 0 aliphatic heterocycles. The topological polar surface area (TPSA) is 68.5 Å². The number of nitrogens with two attached hydrogens (primary N) is 1. The van der Waals surface area contributed by atoms with Crippen LogP contribution in [-0.4, -0.2) is 31.4 Å². The van der Waals surface area contributed by atoms with Gasteiger partial charge in [-0.1, -0.05) is 0 Å². The van der Waals surface area contributed by atoms with Gasteiger partial charge in [-0.15, -0.1) is 0 Å². The van der Waals surface area contributed by atoms with Gasteiger partial charge in [0.15, 0.2) is 16.6 Å². The lowest BCUT2D eigenvalue weighted by atomic mass is 9.92. The van der Waals surface area contributed by atoms with Crippen LogP contribution < -0.4 is 25.8 Å². The zero-order valence-corrected chi connectivity index (χ0v) is 13.3. The molecular weight excluding hydrogens is 286 g/mol. The van der Waals surface area contributed by atoms with E-state index in [1.165, 1.54) is 0 Å². The standard InChI is InChI=1S/C15H23N3O2S/c1-19-13-7-6-12(9-14(13)20-2)18-15(21)17-11-5-3-4-10(16)8-11/h6-7,9-11H,3-5,8,16H2,1-2H3,(H2,17,18,21)/t10-,11+/m1/s1. The number of ether oxygens (including phenoxy) is 2. The third-order valence-electron chi connectivity index (χ3n) is 3.69. The molecule has 2 atom stereocenters. The molecule has 0 unspecified atom stereocenters. The highest BCUT2D eigenvalue weighted by Gasteiger charge is 2.19. The van der Waals surface area contributed by atoms with Gasteiger partial charge in [0.05, 0.1) is 14.2 Å². The van der Waals surface area contributed by atoms with E-state index < -0.39 is 0 Å². The normalized spacial score (nSPS) is 21.5. The monoisotopic (exact) mass is 309 g/mol. The second kappa shape index (κ2) is 7.47. The number of hydrogen-bond donors (Lipinski definition) is 3. The first-order chi connectivity index (χ1) is 10.1. The fourth-order valence-electron chi connectivity index (χ4n) is 2.63. The van der Waals surface area contributed by atoms with E-state index in [-0.39, 0.29) is 6.04 Å². The average Bonchev–Trinajstić information content (AvgIpc) is 2.47. The van der Waals surface area contributed by atoms with Crippen LogP contribution in [0.3, 0.4) is 0 Å². The fraction of sp³-hybridized carbons (Fsp3) is 0.533. The molecular formula is C15H23N3O2S. The number of thiocarbonyl (C=S) groups is 1. The first kappa shape index (κ1) is 15.9. The van der Waals surface area contributed by atoms with Crippen molar-refractivity contribution in [1.29, 1.82) is 0 Å². The second-order valence-electron chi connectivity index (χ2n) is 5.29. The van der Waals surface area contributed by atoms with E-state index in [2.05, 4.69) is 10.6 Å². The molecule has 1 saturated carbocycles. The highest BCUT2D eigenvalue weighted by molar-refractivity contribution is 7.80. The van der Waals surface area contributed by atoms with E-state index in [4.69, 9.17) is 27.4 Å². The van der Waals surface area contributed by atoms with Crippen LogP contribution in [0.25, 0.3) is 0 Å². The van der Waals surface area contributed by atoms with Gasteiger partial charge < -0.3 is 25.8 Å². The summed E-state index contributed by atoms with van der Waals surface area (Å²) >= 11 is 5.36. The van der Waals surface area contributed by atoms with Crippen LogP contribution in [0.5, 0.6) is 11.5 Å². The van der Waals surface area contributed by atoms with Crippen molar-refractivity contribution in [2.24, 2.45) is 5.73 Å². The Morgan fingerprint density at radius 3 is 2.67 bits per heavy atom. The molecule has 0 bridgehead atoms. The van der Waals surface area contributed by atoms with Gasteiger partial charge >= 0.3 is 0 Å². The van der Waals surface area contributed by atoms with E-state index in [1.54, 1.807) is 14.2 Å². The summed E-state index contributed by atoms with van der Waals surface area (Å²) in [4.78, 5) is 0. The molecule has 0 heterocycles. The van der Waals surface area contributed by atoms with E-state index in [1.807, 2.05) is 18.2 Å². The highest BCUT2D eigenvalue weighted by Crippen LogP contribution is 2.29. The summed E-state index contributed by atoms with van der Waals surface area (Å²) in [5.41, 5.74) is 6.86. The summed E-state index contributed by atoms with van der Waals surface area (Å²) in [5.74, 6) is 1.37. The second-order valence-corrected chi connectivity index (χ2v) is 5.70. The molecule has 1 aromatic rings. The van der Waals surface area contributed by atoms with Gasteiger partial charge in [-0.05, 0) is 50.0 Å². The number of anilines is 1. The predicted molar refractivity (Wildman–Crippen MR) is 89.1 cm³/mol. The lowest BCUT2D eigenvalue weighted by molar-refractivity contribution is 0.355. The molecule has 5 nitrogen and oxygen atoms in total. The first-order valence-electron chi connectivity index (χ1n) is 7.17. The van der Waals surface area contributed by atoms with Crippen molar-refractivity contribution < 1.29 is 9.47 Å². The molecule has 2 rings (SSSR count). The fourth-order valence-corrected chi connectivity index (χ4v) is 2.91. The Kier molecular flexibility index (Phi) is 5.64. The molecule has 1 aliphatic rings. The SMILES string of the molecule is COc1ccc(NC(=S)N[C@H]2CCC[C@@H](N)C2)cc1OC. The Bertz CT molecular complexity index is 496. The van der Waals surface area contributed by atoms with Crippen molar-refractivity contribution in [3.05, 3.63) is 18.2 Å². The summed E-state index contributed by atoms with van der Waals surface area (Å²) < 4.78 is 10.5. The number of hydrogen-bond acceptors (Lipinski definition) is 4. The van der Waals surface area contributed by atoms with Gasteiger partial charge in [0.1, 0.15) is 0 Å². The van der Waals surface area contributed by atoms with Crippen molar-refractivity contribution in [3.63, 3.8) is 0 Å². The number of rotatable bonds is 4. The maximum absolute atomic E-state index is 5.99. The van der Waals surface area contributed by atoms with Crippen molar-refractivity contribution in [3.8, 4) is 11.5 Å². The largest absolute Gasteiger partial charge is 0.493 e. The van der Waals surface area contributed by atoms with Gasteiger partial charge in [-0.25, -0.2) is 0 Å². The zero-order valence-electron chi connectivity index (χ0n) is 12.5. The zero-order chi connectivity index (χ0) is 15.2. The maximum Gasteiger partial charge on any atom is 0.170 e. The summed E-state index contributed by atoms with van der Waals surface area (Å²) in [6.45, 7) is 0. The van der Waals surface area contributed by atoms with Crippen LogP contribution in [0.15, 0.2) is 18.2 Å². The van der Waals surface area contributed by atoms with Crippen LogP contribution in [-0.2, 0) is 0 Å². The Balaban J connectivity index is 1.93. The van der Waals surface area contributed by atoms with Gasteiger partial charge in [-0.3, -0.25) is 0 Å². The summed E-state index contributed by atoms with van der Waals surface area (Å²) in [7, 11) is 3.23. The Morgan fingerprint density at radius 1 is 1.24 bits per heavy atom. The van der Waals surface area contributed by atoms with E-state index in [0.29, 0.717) is 22.7 Å². The molecule has 0 radical (unpaired) electrons. The Labute approximate surface area is 131 Å². The lowest BCUT2D eigenvalue weighted by Gasteiger charge is -2.28. The van der Waals surface area contributed by atoms with Crippen LogP contribution in [0.4, 0.5) is 5.69 Å². The minimum absolute atomic E-state index is 0.278. The molecule has 1 fully saturated rings. The van der Waals surface area contributed by atoms with Crippen molar-refractivity contribution >= 4 is 23.0 Å². The van der Waals surface area contributed by atoms with E-state index in [9.17, 15) is 0 Å². The van der Waals surface area contributed by atoms with Crippen LogP contribution >= 0.6 is 12.2 Å². The molecule has 0 amide bonds. The van der Waals surface area contributed by atoms with E-state index >= 15 is 0 Å². The van der Waals surface area contributed by atoms with Gasteiger partial charge in [0.2, 0.25) is 0 Å². The smallest absolute Gasteiger partial charge is 0.170 e. The molecule has 21 heavy (non-hydrogen) atoms. The van der Waals surface area contributed by atoms with E-state index in [0.717, 1.165) is 31.4 Å². The molecule has 1 aliphatic carbocycles. The summed E-state index contributed by atoms with van der Waals surface area (Å²) in [6, 6.07) is 6.25. The predicted octanol–water partition coefficient (Wildman–Crippen LogP) is 2.26. The summed E-state index contributed by atoms with van der Waals surface area (Å²) in [6.07, 6.45) is 4.33. The van der Waals surface area contributed by atoms with Crippen molar-refractivity contribution in [2.75, 3.05) is 19.5 Å². The average molecular weight is 309 g/mol. The molecule has 1 aromatic carbocycles. The Hall–Kier alpha value is -1.53. The quantitative estimate of drug-likeness (QED) is 0.741. The minimum Gasteiger partial charge on any atom is -0.493 e. The number of nitrogens with one attached hydrogen (secondary N) is 2. The van der Waals surface area contributed by atoms with Gasteiger partial charge in [0.25, 0.3) is 0 Å². The minimum atomic E-state index is 0.278. The van der Waals surface area contributed by atoms with Crippen LogP contribution in [0, 0.1) is 0 Å². The van der Waals surface area contributed by atoms with Crippen LogP contribution in [0.2, 0.25) is 0 Å². The van der Waals surface area contributed by atoms with Gasteiger partial charge in [-0.2, -0.15) is 0 Å². The molecule has 0 saturated heterocycles. The Morgan fingerprint density at radius 2 is 2.00 bits per heavy atom.